The fourth-order valence-corrected chi connectivity index (χ4v) is 4.49. The number of anilines is 1. The van der Waals surface area contributed by atoms with Crippen LogP contribution in [0.15, 0.2) is 53.4 Å². The van der Waals surface area contributed by atoms with Gasteiger partial charge in [0.2, 0.25) is 0 Å². The van der Waals surface area contributed by atoms with Crippen LogP contribution in [-0.4, -0.2) is 25.1 Å². The summed E-state index contributed by atoms with van der Waals surface area (Å²) < 4.78 is 37.6. The van der Waals surface area contributed by atoms with Gasteiger partial charge >= 0.3 is 0 Å². The summed E-state index contributed by atoms with van der Waals surface area (Å²) in [4.78, 5) is 17.9. The van der Waals surface area contributed by atoms with E-state index in [9.17, 15) is 17.6 Å². The van der Waals surface area contributed by atoms with Crippen molar-refractivity contribution in [2.45, 2.75) is 18.7 Å². The number of aromatic nitrogens is 1. The van der Waals surface area contributed by atoms with Gasteiger partial charge in [0, 0.05) is 10.4 Å². The van der Waals surface area contributed by atoms with Crippen LogP contribution >= 0.6 is 11.3 Å². The zero-order valence-electron chi connectivity index (χ0n) is 14.7. The Morgan fingerprint density at radius 2 is 1.81 bits per heavy atom. The SMILES string of the molecule is CCS(=O)(=O)c1ccccc1C(=O)Nc1nc(-c2ccc(F)cc2)c(C)s1. The van der Waals surface area contributed by atoms with Crippen LogP contribution in [0.4, 0.5) is 9.52 Å². The van der Waals surface area contributed by atoms with Crippen molar-refractivity contribution in [3.63, 3.8) is 0 Å². The Morgan fingerprint density at radius 3 is 2.48 bits per heavy atom. The van der Waals surface area contributed by atoms with Crippen LogP contribution in [0.3, 0.4) is 0 Å². The number of halogens is 1. The van der Waals surface area contributed by atoms with Crippen LogP contribution in [0.2, 0.25) is 0 Å². The summed E-state index contributed by atoms with van der Waals surface area (Å²) in [6, 6.07) is 12.0. The maximum atomic E-state index is 13.1. The molecule has 0 aliphatic heterocycles. The molecule has 0 spiro atoms. The summed E-state index contributed by atoms with van der Waals surface area (Å²) in [5.41, 5.74) is 1.46. The Labute approximate surface area is 160 Å². The fraction of sp³-hybridized carbons (Fsp3) is 0.158. The molecule has 1 aromatic heterocycles. The number of hydrogen-bond acceptors (Lipinski definition) is 5. The number of amides is 1. The molecule has 0 aliphatic rings. The molecular weight excluding hydrogens is 387 g/mol. The van der Waals surface area contributed by atoms with E-state index in [4.69, 9.17) is 0 Å². The molecule has 140 valence electrons. The lowest BCUT2D eigenvalue weighted by Crippen LogP contribution is -2.17. The van der Waals surface area contributed by atoms with Crippen LogP contribution < -0.4 is 5.32 Å². The number of benzene rings is 2. The number of nitrogens with one attached hydrogen (secondary N) is 1. The van der Waals surface area contributed by atoms with E-state index in [1.165, 1.54) is 42.5 Å². The Bertz CT molecular complexity index is 1090. The Morgan fingerprint density at radius 1 is 1.15 bits per heavy atom. The second kappa shape index (κ2) is 7.58. The third-order valence-corrected chi connectivity index (χ3v) is 6.65. The first-order valence-electron chi connectivity index (χ1n) is 8.18. The molecule has 0 radical (unpaired) electrons. The molecule has 0 bridgehead atoms. The minimum Gasteiger partial charge on any atom is -0.298 e. The largest absolute Gasteiger partial charge is 0.298 e. The molecule has 1 heterocycles. The molecule has 0 fully saturated rings. The summed E-state index contributed by atoms with van der Waals surface area (Å²) in [5, 5.41) is 3.01. The van der Waals surface area contributed by atoms with Gasteiger partial charge in [-0.2, -0.15) is 0 Å². The van der Waals surface area contributed by atoms with Crippen molar-refractivity contribution in [1.29, 1.82) is 0 Å². The van der Waals surface area contributed by atoms with Gasteiger partial charge in [-0.05, 0) is 43.3 Å². The van der Waals surface area contributed by atoms with Gasteiger partial charge in [-0.1, -0.05) is 19.1 Å². The second-order valence-electron chi connectivity index (χ2n) is 5.78. The molecule has 0 saturated carbocycles. The number of thiazole rings is 1. The summed E-state index contributed by atoms with van der Waals surface area (Å²) in [7, 11) is -3.53. The van der Waals surface area contributed by atoms with Gasteiger partial charge in [-0.15, -0.1) is 11.3 Å². The monoisotopic (exact) mass is 404 g/mol. The highest BCUT2D eigenvalue weighted by atomic mass is 32.2. The molecule has 3 aromatic rings. The zero-order chi connectivity index (χ0) is 19.6. The van der Waals surface area contributed by atoms with Gasteiger partial charge in [-0.3, -0.25) is 10.1 Å². The third kappa shape index (κ3) is 4.06. The summed E-state index contributed by atoms with van der Waals surface area (Å²) >= 11 is 1.27. The summed E-state index contributed by atoms with van der Waals surface area (Å²) in [6.45, 7) is 3.38. The van der Waals surface area contributed by atoms with E-state index in [1.807, 2.05) is 6.92 Å². The van der Waals surface area contributed by atoms with E-state index in [0.717, 1.165) is 10.4 Å². The van der Waals surface area contributed by atoms with E-state index in [1.54, 1.807) is 24.3 Å². The predicted octanol–water partition coefficient (Wildman–Crippen LogP) is 4.30. The maximum absolute atomic E-state index is 13.1. The molecular formula is C19H17FN2O3S2. The van der Waals surface area contributed by atoms with Crippen molar-refractivity contribution in [2.24, 2.45) is 0 Å². The molecule has 1 amide bonds. The molecule has 0 atom stereocenters. The molecule has 27 heavy (non-hydrogen) atoms. The maximum Gasteiger partial charge on any atom is 0.258 e. The first-order valence-corrected chi connectivity index (χ1v) is 10.6. The molecule has 0 unspecified atom stereocenters. The van der Waals surface area contributed by atoms with Crippen molar-refractivity contribution in [2.75, 3.05) is 11.1 Å². The second-order valence-corrected chi connectivity index (χ2v) is 9.23. The highest BCUT2D eigenvalue weighted by molar-refractivity contribution is 7.91. The topological polar surface area (TPSA) is 76.1 Å². The Balaban J connectivity index is 1.90. The Hall–Kier alpha value is -2.58. The number of carbonyl (C=O) groups excluding carboxylic acids is 1. The van der Waals surface area contributed by atoms with Gasteiger partial charge in [0.05, 0.1) is 21.9 Å². The number of sulfone groups is 1. The van der Waals surface area contributed by atoms with E-state index < -0.39 is 15.7 Å². The smallest absolute Gasteiger partial charge is 0.258 e. The van der Waals surface area contributed by atoms with Crippen molar-refractivity contribution in [3.05, 3.63) is 64.8 Å². The lowest BCUT2D eigenvalue weighted by atomic mass is 10.1. The van der Waals surface area contributed by atoms with E-state index in [-0.39, 0.29) is 22.0 Å². The molecule has 2 aromatic carbocycles. The van der Waals surface area contributed by atoms with Crippen molar-refractivity contribution < 1.29 is 17.6 Å². The van der Waals surface area contributed by atoms with Gasteiger partial charge in [0.15, 0.2) is 15.0 Å². The van der Waals surface area contributed by atoms with Gasteiger partial charge < -0.3 is 0 Å². The molecule has 1 N–H and O–H groups in total. The molecule has 0 saturated heterocycles. The molecule has 0 aliphatic carbocycles. The van der Waals surface area contributed by atoms with E-state index in [0.29, 0.717) is 10.8 Å². The van der Waals surface area contributed by atoms with Crippen LogP contribution in [0.25, 0.3) is 11.3 Å². The zero-order valence-corrected chi connectivity index (χ0v) is 16.3. The number of hydrogen-bond donors (Lipinski definition) is 1. The van der Waals surface area contributed by atoms with Gasteiger partial charge in [0.1, 0.15) is 5.82 Å². The van der Waals surface area contributed by atoms with E-state index >= 15 is 0 Å². The minimum absolute atomic E-state index is 0.00274. The quantitative estimate of drug-likeness (QED) is 0.688. The number of carbonyl (C=O) groups is 1. The lowest BCUT2D eigenvalue weighted by Gasteiger charge is -2.08. The van der Waals surface area contributed by atoms with Crippen LogP contribution in [0.1, 0.15) is 22.2 Å². The molecule has 3 rings (SSSR count). The normalized spacial score (nSPS) is 11.4. The lowest BCUT2D eigenvalue weighted by molar-refractivity contribution is 0.102. The van der Waals surface area contributed by atoms with Crippen molar-refractivity contribution in [1.82, 2.24) is 4.98 Å². The number of nitrogens with zero attached hydrogens (tertiary/aromatic N) is 1. The van der Waals surface area contributed by atoms with Crippen LogP contribution in [0.5, 0.6) is 0 Å². The Kier molecular flexibility index (Phi) is 5.38. The van der Waals surface area contributed by atoms with Crippen molar-refractivity contribution in [3.8, 4) is 11.3 Å². The highest BCUT2D eigenvalue weighted by Gasteiger charge is 2.21. The number of aryl methyl sites for hydroxylation is 1. The van der Waals surface area contributed by atoms with Crippen molar-refractivity contribution >= 4 is 32.2 Å². The predicted molar refractivity (Wildman–Crippen MR) is 104 cm³/mol. The van der Waals surface area contributed by atoms with Gasteiger partial charge in [0.25, 0.3) is 5.91 Å². The molecule has 5 nitrogen and oxygen atoms in total. The minimum atomic E-state index is -3.53. The van der Waals surface area contributed by atoms with Crippen LogP contribution in [-0.2, 0) is 9.84 Å². The summed E-state index contributed by atoms with van der Waals surface area (Å²) in [5.74, 6) is -0.974. The van der Waals surface area contributed by atoms with E-state index in [2.05, 4.69) is 10.3 Å². The molecule has 8 heteroatoms. The third-order valence-electron chi connectivity index (χ3n) is 3.98. The highest BCUT2D eigenvalue weighted by Crippen LogP contribution is 2.31. The van der Waals surface area contributed by atoms with Gasteiger partial charge in [-0.25, -0.2) is 17.8 Å². The van der Waals surface area contributed by atoms with Crippen LogP contribution in [0, 0.1) is 12.7 Å². The fourth-order valence-electron chi connectivity index (χ4n) is 2.57. The average molecular weight is 404 g/mol. The number of rotatable bonds is 5. The first kappa shape index (κ1) is 19.2. The summed E-state index contributed by atoms with van der Waals surface area (Å²) in [6.07, 6.45) is 0. The standard InChI is InChI=1S/C19H17FN2O3S2/c1-3-27(24,25)16-7-5-4-6-15(16)18(23)22-19-21-17(12(2)26-19)13-8-10-14(20)11-9-13/h4-11H,3H2,1-2H3,(H,21,22,23). The first-order chi connectivity index (χ1) is 12.8. The average Bonchev–Trinajstić information content (AvgIpc) is 3.02.